The van der Waals surface area contributed by atoms with Gasteiger partial charge < -0.3 is 24.7 Å². The molecule has 0 spiro atoms. The molecule has 0 aliphatic heterocycles. The largest absolute Gasteiger partial charge is 2.00 e. The molecule has 14 heteroatoms. The Bertz CT molecular complexity index is 2500. The molecule has 74 heavy (non-hydrogen) atoms. The second kappa shape index (κ2) is 33.3. The van der Waals surface area contributed by atoms with Crippen LogP contribution in [0.1, 0.15) is 41.5 Å². The van der Waals surface area contributed by atoms with E-state index >= 15 is 0 Å². The van der Waals surface area contributed by atoms with E-state index in [2.05, 4.69) is 194 Å². The summed E-state index contributed by atoms with van der Waals surface area (Å²) < 4.78 is 120. The van der Waals surface area contributed by atoms with Gasteiger partial charge in [0.25, 0.3) is 0 Å². The molecule has 0 saturated heterocycles. The average Bonchev–Trinajstić information content (AvgIpc) is 3.39. The molecule has 0 unspecified atom stereocenters. The number of halogens is 10. The van der Waals surface area contributed by atoms with Gasteiger partial charge in [0.1, 0.15) is 0 Å². The van der Waals surface area contributed by atoms with Crippen molar-refractivity contribution in [3.63, 3.8) is 0 Å². The molecule has 0 N–H and O–H groups in total. The van der Waals surface area contributed by atoms with E-state index in [1.54, 1.807) is 0 Å². The maximum atomic E-state index is 12.0. The summed E-state index contributed by atoms with van der Waals surface area (Å²) in [6, 6.07) is 66.7. The summed E-state index contributed by atoms with van der Waals surface area (Å²) in [6.45, 7) is 11.7. The van der Waals surface area contributed by atoms with E-state index in [9.17, 15) is 43.9 Å². The number of hydrogen-bond donors (Lipinski definition) is 0. The van der Waals surface area contributed by atoms with Crippen molar-refractivity contribution >= 4 is 47.7 Å². The monoisotopic (exact) mass is 1320 g/mol. The minimum Gasteiger partial charge on any atom is -0.693 e. The van der Waals surface area contributed by atoms with Gasteiger partial charge in [0.2, 0.25) is 0 Å². The van der Waals surface area contributed by atoms with Crippen LogP contribution in [0.3, 0.4) is 0 Å². The molecule has 0 aromatic heterocycles. The molecule has 0 atom stereocenters. The molecular weight excluding hydrogens is 1270 g/mol. The third-order valence-corrected chi connectivity index (χ3v) is 13.7. The van der Waals surface area contributed by atoms with Gasteiger partial charge in [-0.3, -0.25) is 17.6 Å². The van der Waals surface area contributed by atoms with E-state index in [-0.39, 0.29) is 52.3 Å². The van der Waals surface area contributed by atoms with Gasteiger partial charge in [-0.15, -0.1) is 12.1 Å². The normalized spacial score (nSPS) is 10.2. The molecule has 8 rings (SSSR count). The van der Waals surface area contributed by atoms with E-state index < -0.39 is 74.0 Å². The molecule has 0 heterocycles. The summed E-state index contributed by atoms with van der Waals surface area (Å²) in [5.41, 5.74) is -0.0833. The summed E-state index contributed by atoms with van der Waals surface area (Å²) in [5, 5.41) is 8.39. The zero-order chi connectivity index (χ0) is 53.4. The molecule has 0 fully saturated rings. The van der Waals surface area contributed by atoms with Crippen LogP contribution in [0.25, 0.3) is 0 Å². The summed E-state index contributed by atoms with van der Waals surface area (Å²) in [4.78, 5) is 0. The third-order valence-electron chi connectivity index (χ3n) is 8.82. The van der Waals surface area contributed by atoms with Crippen LogP contribution in [0.5, 0.6) is 0 Å². The third kappa shape index (κ3) is 22.5. The van der Waals surface area contributed by atoms with Crippen molar-refractivity contribution in [2.45, 2.75) is 41.5 Å². The van der Waals surface area contributed by atoms with Gasteiger partial charge in [-0.25, -0.2) is 26.3 Å². The Balaban J connectivity index is 0.000000466. The van der Waals surface area contributed by atoms with Gasteiger partial charge in [0.15, 0.2) is 0 Å². The zero-order valence-electron chi connectivity index (χ0n) is 40.6. The quantitative estimate of drug-likeness (QED) is 0.0296. The summed E-state index contributed by atoms with van der Waals surface area (Å²) in [5.74, 6) is -15.4. The molecule has 8 aromatic carbocycles. The average molecular weight is 1320 g/mol. The maximum Gasteiger partial charge on any atom is 2.00 e. The van der Waals surface area contributed by atoms with Crippen LogP contribution in [0, 0.1) is 106 Å². The van der Waals surface area contributed by atoms with Crippen molar-refractivity contribution in [1.29, 1.82) is 0 Å². The first-order valence-corrected chi connectivity index (χ1v) is 24.4. The Labute approximate surface area is 459 Å². The molecule has 388 valence electrons. The van der Waals surface area contributed by atoms with Crippen LogP contribution in [-0.2, 0) is 41.5 Å². The van der Waals surface area contributed by atoms with Crippen molar-refractivity contribution in [3.05, 3.63) is 265 Å². The molecule has 0 amide bonds. The smallest absolute Gasteiger partial charge is 0.693 e. The van der Waals surface area contributed by atoms with Crippen LogP contribution in [0.2, 0.25) is 0 Å². The fraction of sp³-hybridized carbons (Fsp3) is 0.133. The Hall–Kier alpha value is -5.61. The van der Waals surface area contributed by atoms with Crippen molar-refractivity contribution in [3.8, 4) is 11.8 Å². The molecule has 0 nitrogen and oxygen atoms in total. The van der Waals surface area contributed by atoms with Crippen LogP contribution < -0.4 is 31.8 Å². The number of rotatable bonds is 6. The molecule has 0 aliphatic carbocycles. The zero-order valence-corrected chi connectivity index (χ0v) is 46.2. The van der Waals surface area contributed by atoms with Gasteiger partial charge in [-0.05, 0) is 58.5 Å². The molecule has 0 aliphatic rings. The number of hydrogen-bond acceptors (Lipinski definition) is 0. The van der Waals surface area contributed by atoms with Crippen LogP contribution in [0.4, 0.5) is 43.9 Å². The number of benzene rings is 8. The van der Waals surface area contributed by atoms with Crippen molar-refractivity contribution in [2.24, 2.45) is 10.8 Å². The SMILES string of the molecule is Fc1[c-]c(F)c(F)c(F)c1F.Fc1[c-]c(F)c(F)c(F)c1F.[C-]#CC(C)(C)C.[C-]#CC(C)(C)C.[Pd+2].[Pt+2].c1ccc(P(c2ccccc2)c2ccccc2)cc1.c1ccc(P(c2ccccc2)c2ccccc2)cc1. The second-order valence-electron chi connectivity index (χ2n) is 16.8. The summed E-state index contributed by atoms with van der Waals surface area (Å²) in [6.07, 6.45) is 13.2. The molecular formula is C60H48F10P2PdPt. The Morgan fingerprint density at radius 3 is 0.568 bits per heavy atom. The minimum absolute atomic E-state index is 0. The van der Waals surface area contributed by atoms with Crippen molar-refractivity contribution < 1.29 is 85.4 Å². The molecule has 0 saturated carbocycles. The predicted molar refractivity (Wildman–Crippen MR) is 274 cm³/mol. The fourth-order valence-corrected chi connectivity index (χ4v) is 9.96. The van der Waals surface area contributed by atoms with E-state index in [4.69, 9.17) is 12.8 Å². The van der Waals surface area contributed by atoms with Gasteiger partial charge in [-0.2, -0.15) is 0 Å². The molecule has 0 bridgehead atoms. The first-order chi connectivity index (χ1) is 34.1. The Kier molecular flexibility index (Phi) is 29.9. The summed E-state index contributed by atoms with van der Waals surface area (Å²) >= 11 is 0. The van der Waals surface area contributed by atoms with Crippen molar-refractivity contribution in [2.75, 3.05) is 0 Å². The standard InChI is InChI=1S/2C18H15P.2C6F5.2C6H9.Pd.Pt/c2*1-4-10-16(11-5-1)19(17-12-6-2-7-13-17)18-14-8-3-9-15-18;2*7-2-1-3(8)5(10)6(11)4(2)9;2*1-5-6(2,3)4;;/h2*1-15H;;;2*2-4H3;;/q;;4*-1;2*+2. The molecule has 8 aromatic rings. The van der Waals surface area contributed by atoms with Gasteiger partial charge in [-0.1, -0.05) is 224 Å². The van der Waals surface area contributed by atoms with Crippen molar-refractivity contribution in [1.82, 2.24) is 0 Å². The Morgan fingerprint density at radius 2 is 0.446 bits per heavy atom. The van der Waals surface area contributed by atoms with Gasteiger partial charge >= 0.3 is 41.5 Å². The van der Waals surface area contributed by atoms with Gasteiger partial charge in [0.05, 0.1) is 58.2 Å². The van der Waals surface area contributed by atoms with Crippen LogP contribution >= 0.6 is 15.8 Å². The van der Waals surface area contributed by atoms with Crippen LogP contribution in [-0.4, -0.2) is 0 Å². The first kappa shape index (κ1) is 66.4. The van der Waals surface area contributed by atoms with Gasteiger partial charge in [0, 0.05) is 0 Å². The van der Waals surface area contributed by atoms with Crippen LogP contribution in [0.15, 0.2) is 182 Å². The van der Waals surface area contributed by atoms with E-state index in [0.717, 1.165) is 12.1 Å². The summed E-state index contributed by atoms with van der Waals surface area (Å²) in [7, 11) is -0.892. The Morgan fingerprint density at radius 1 is 0.311 bits per heavy atom. The van der Waals surface area contributed by atoms with E-state index in [1.165, 1.54) is 31.8 Å². The van der Waals surface area contributed by atoms with E-state index in [0.29, 0.717) is 0 Å². The predicted octanol–water partition coefficient (Wildman–Crippen LogP) is 14.5. The van der Waals surface area contributed by atoms with E-state index in [1.807, 2.05) is 41.5 Å². The maximum absolute atomic E-state index is 12.0. The topological polar surface area (TPSA) is 0 Å². The first-order valence-electron chi connectivity index (χ1n) is 21.7. The second-order valence-corrected chi connectivity index (χ2v) is 21.3. The fourth-order valence-electron chi connectivity index (χ4n) is 5.35. The minimum atomic E-state index is -2.17. The molecule has 0 radical (unpaired) electrons.